The average molecular weight is 553 g/mol. The van der Waals surface area contributed by atoms with E-state index >= 15 is 0 Å². The molecule has 2 aromatic heterocycles. The van der Waals surface area contributed by atoms with Crippen LogP contribution in [-0.4, -0.2) is 56.7 Å². The number of benzene rings is 4. The molecule has 6 aromatic rings. The summed E-state index contributed by atoms with van der Waals surface area (Å²) in [7, 11) is 0. The Morgan fingerprint density at radius 1 is 0.762 bits per heavy atom. The van der Waals surface area contributed by atoms with Crippen LogP contribution < -0.4 is 4.90 Å². The molecule has 1 saturated heterocycles. The van der Waals surface area contributed by atoms with E-state index in [2.05, 4.69) is 29.2 Å². The Bertz CT molecular complexity index is 1880. The van der Waals surface area contributed by atoms with Gasteiger partial charge in [0.2, 0.25) is 0 Å². The van der Waals surface area contributed by atoms with Crippen LogP contribution >= 0.6 is 0 Å². The summed E-state index contributed by atoms with van der Waals surface area (Å²) in [5.74, 6) is 1.73. The van der Waals surface area contributed by atoms with Crippen LogP contribution in [0.15, 0.2) is 103 Å². The number of carbonyl (C=O) groups excluding carboxylic acids is 1. The van der Waals surface area contributed by atoms with E-state index in [0.29, 0.717) is 26.1 Å². The number of fused-ring (bicyclic) bond motifs is 2. The Hall–Kier alpha value is -5.04. The van der Waals surface area contributed by atoms with E-state index in [1.165, 1.54) is 0 Å². The van der Waals surface area contributed by atoms with Gasteiger partial charge in [-0.15, -0.1) is 0 Å². The molecule has 7 rings (SSSR count). The molecular weight excluding hydrogens is 520 g/mol. The minimum Gasteiger partial charge on any atom is -0.354 e. The van der Waals surface area contributed by atoms with Crippen molar-refractivity contribution < 1.29 is 4.79 Å². The molecule has 4 aromatic carbocycles. The highest BCUT2D eigenvalue weighted by Crippen LogP contribution is 2.30. The summed E-state index contributed by atoms with van der Waals surface area (Å²) < 4.78 is 1.93. The molecule has 0 bridgehead atoms. The number of nitrogens with zero attached hydrogens (tertiary/aromatic N) is 6. The first-order chi connectivity index (χ1) is 20.7. The molecule has 7 heteroatoms. The van der Waals surface area contributed by atoms with Crippen molar-refractivity contribution in [2.24, 2.45) is 0 Å². The Morgan fingerprint density at radius 3 is 2.33 bits per heavy atom. The summed E-state index contributed by atoms with van der Waals surface area (Å²) in [6.07, 6.45) is 1.48. The Morgan fingerprint density at radius 2 is 1.50 bits per heavy atom. The third-order valence-corrected chi connectivity index (χ3v) is 8.04. The molecule has 1 aliphatic rings. The van der Waals surface area contributed by atoms with Crippen LogP contribution in [0.1, 0.15) is 33.9 Å². The van der Waals surface area contributed by atoms with Crippen molar-refractivity contribution in [1.82, 2.24) is 24.6 Å². The van der Waals surface area contributed by atoms with Gasteiger partial charge in [-0.3, -0.25) is 4.79 Å². The number of anilines is 1. The third kappa shape index (κ3) is 4.87. The Balaban J connectivity index is 1.25. The van der Waals surface area contributed by atoms with E-state index in [-0.39, 0.29) is 5.91 Å². The molecule has 0 saturated carbocycles. The quantitative estimate of drug-likeness (QED) is 0.254. The Kier molecular flexibility index (Phi) is 6.84. The SMILES string of the molecule is Cc1nn(-c2ccccc2)c2nc(Cc3ccccc3)nc(N3CCCN(C(=O)c4cccc5ccccc45)CC3)c12. The number of para-hydroxylation sites is 1. The van der Waals surface area contributed by atoms with Gasteiger partial charge in [0.15, 0.2) is 5.65 Å². The van der Waals surface area contributed by atoms with Crippen molar-refractivity contribution in [2.45, 2.75) is 19.8 Å². The van der Waals surface area contributed by atoms with Crippen LogP contribution in [0.25, 0.3) is 27.5 Å². The third-order valence-electron chi connectivity index (χ3n) is 8.04. The zero-order valence-electron chi connectivity index (χ0n) is 23.6. The number of amides is 1. The maximum absolute atomic E-state index is 13.8. The standard InChI is InChI=1S/C35H32N6O/c1-25-32-33(39-20-11-21-40(23-22-39)35(42)30-19-10-15-27-14-8-9-18-29(27)30)36-31(24-26-12-4-2-5-13-26)37-34(32)41(38-25)28-16-6-3-7-17-28/h2-10,12-19H,11,20-24H2,1H3. The molecule has 1 fully saturated rings. The predicted molar refractivity (Wildman–Crippen MR) is 167 cm³/mol. The first-order valence-corrected chi connectivity index (χ1v) is 14.5. The first kappa shape index (κ1) is 25.9. The topological polar surface area (TPSA) is 67.2 Å². The number of hydrogen-bond donors (Lipinski definition) is 0. The van der Waals surface area contributed by atoms with E-state index in [4.69, 9.17) is 15.1 Å². The highest BCUT2D eigenvalue weighted by Gasteiger charge is 2.26. The van der Waals surface area contributed by atoms with Gasteiger partial charge in [0.05, 0.1) is 16.8 Å². The van der Waals surface area contributed by atoms with Gasteiger partial charge in [-0.05, 0) is 47.9 Å². The summed E-state index contributed by atoms with van der Waals surface area (Å²) in [4.78, 5) is 28.3. The number of aromatic nitrogens is 4. The van der Waals surface area contributed by atoms with Crippen LogP contribution in [0.5, 0.6) is 0 Å². The average Bonchev–Trinajstić information content (AvgIpc) is 3.19. The highest BCUT2D eigenvalue weighted by atomic mass is 16.2. The monoisotopic (exact) mass is 552 g/mol. The van der Waals surface area contributed by atoms with Gasteiger partial charge in [-0.25, -0.2) is 14.6 Å². The molecular formula is C35H32N6O. The number of aryl methyl sites for hydroxylation is 1. The molecule has 42 heavy (non-hydrogen) atoms. The minimum atomic E-state index is 0.0827. The summed E-state index contributed by atoms with van der Waals surface area (Å²) in [5.41, 5.74) is 4.59. The predicted octanol–water partition coefficient (Wildman–Crippen LogP) is 6.22. The van der Waals surface area contributed by atoms with Gasteiger partial charge >= 0.3 is 0 Å². The zero-order valence-corrected chi connectivity index (χ0v) is 23.6. The Labute approximate surface area is 245 Å². The van der Waals surface area contributed by atoms with Crippen LogP contribution in [0.2, 0.25) is 0 Å². The van der Waals surface area contributed by atoms with Gasteiger partial charge in [-0.2, -0.15) is 5.10 Å². The normalized spacial score (nSPS) is 13.9. The van der Waals surface area contributed by atoms with Crippen molar-refractivity contribution in [2.75, 3.05) is 31.1 Å². The van der Waals surface area contributed by atoms with Crippen LogP contribution in [-0.2, 0) is 6.42 Å². The van der Waals surface area contributed by atoms with E-state index in [1.807, 2.05) is 95.4 Å². The minimum absolute atomic E-state index is 0.0827. The van der Waals surface area contributed by atoms with Crippen LogP contribution in [0, 0.1) is 6.92 Å². The molecule has 1 amide bonds. The van der Waals surface area contributed by atoms with Gasteiger partial charge in [0.25, 0.3) is 5.91 Å². The van der Waals surface area contributed by atoms with Gasteiger partial charge in [0, 0.05) is 38.2 Å². The summed E-state index contributed by atoms with van der Waals surface area (Å²) in [5, 5.41) is 7.97. The molecule has 0 atom stereocenters. The maximum atomic E-state index is 13.8. The zero-order chi connectivity index (χ0) is 28.5. The van der Waals surface area contributed by atoms with Crippen LogP contribution in [0.4, 0.5) is 5.82 Å². The molecule has 208 valence electrons. The molecule has 0 aliphatic carbocycles. The molecule has 1 aliphatic heterocycles. The lowest BCUT2D eigenvalue weighted by molar-refractivity contribution is 0.0769. The van der Waals surface area contributed by atoms with Gasteiger partial charge in [0.1, 0.15) is 11.6 Å². The molecule has 3 heterocycles. The van der Waals surface area contributed by atoms with E-state index in [0.717, 1.165) is 68.9 Å². The molecule has 0 N–H and O–H groups in total. The van der Waals surface area contributed by atoms with Crippen LogP contribution in [0.3, 0.4) is 0 Å². The summed E-state index contributed by atoms with van der Waals surface area (Å²) in [6.45, 7) is 4.83. The fourth-order valence-corrected chi connectivity index (χ4v) is 5.96. The second kappa shape index (κ2) is 11.1. The molecule has 0 spiro atoms. The summed E-state index contributed by atoms with van der Waals surface area (Å²) in [6, 6.07) is 34.5. The second-order valence-electron chi connectivity index (χ2n) is 10.8. The molecule has 0 unspecified atom stereocenters. The number of carbonyl (C=O) groups is 1. The largest absolute Gasteiger partial charge is 0.354 e. The van der Waals surface area contributed by atoms with Crippen molar-refractivity contribution in [3.63, 3.8) is 0 Å². The van der Waals surface area contributed by atoms with Crippen molar-refractivity contribution in [3.05, 3.63) is 126 Å². The molecule has 0 radical (unpaired) electrons. The maximum Gasteiger partial charge on any atom is 0.254 e. The van der Waals surface area contributed by atoms with Crippen molar-refractivity contribution in [3.8, 4) is 5.69 Å². The lowest BCUT2D eigenvalue weighted by Gasteiger charge is -2.24. The van der Waals surface area contributed by atoms with E-state index in [1.54, 1.807) is 0 Å². The van der Waals surface area contributed by atoms with Crippen molar-refractivity contribution >= 4 is 33.5 Å². The first-order valence-electron chi connectivity index (χ1n) is 14.5. The second-order valence-corrected chi connectivity index (χ2v) is 10.8. The van der Waals surface area contributed by atoms with Gasteiger partial charge < -0.3 is 9.80 Å². The van der Waals surface area contributed by atoms with Gasteiger partial charge in [-0.1, -0.05) is 84.9 Å². The van der Waals surface area contributed by atoms with Crippen molar-refractivity contribution in [1.29, 1.82) is 0 Å². The number of rotatable bonds is 5. The van der Waals surface area contributed by atoms with E-state index in [9.17, 15) is 4.79 Å². The fraction of sp³-hybridized carbons (Fsp3) is 0.200. The highest BCUT2D eigenvalue weighted by molar-refractivity contribution is 6.07. The summed E-state index contributed by atoms with van der Waals surface area (Å²) >= 11 is 0. The lowest BCUT2D eigenvalue weighted by atomic mass is 10.0. The molecule has 7 nitrogen and oxygen atoms in total. The fourth-order valence-electron chi connectivity index (χ4n) is 5.96. The smallest absolute Gasteiger partial charge is 0.254 e. The lowest BCUT2D eigenvalue weighted by Crippen LogP contribution is -2.35. The number of hydrogen-bond acceptors (Lipinski definition) is 5. The van der Waals surface area contributed by atoms with E-state index < -0.39 is 0 Å².